The van der Waals surface area contributed by atoms with Crippen LogP contribution in [0.2, 0.25) is 0 Å². The normalized spacial score (nSPS) is 27.1. The highest BCUT2D eigenvalue weighted by Gasteiger charge is 2.39. The van der Waals surface area contributed by atoms with Crippen molar-refractivity contribution >= 4 is 11.9 Å². The molecular formula is C17H19F2NO3. The molecule has 0 bridgehead atoms. The van der Waals surface area contributed by atoms with Gasteiger partial charge in [0.25, 0.3) is 5.91 Å². The molecular weight excluding hydrogens is 304 g/mol. The molecule has 23 heavy (non-hydrogen) atoms. The van der Waals surface area contributed by atoms with E-state index < -0.39 is 36.2 Å². The quantitative estimate of drug-likeness (QED) is 0.638. The van der Waals surface area contributed by atoms with E-state index in [0.717, 1.165) is 0 Å². The second-order valence-electron chi connectivity index (χ2n) is 5.58. The van der Waals surface area contributed by atoms with E-state index in [9.17, 15) is 18.4 Å². The number of cyclic esters (lactones) is 1. The van der Waals surface area contributed by atoms with Crippen LogP contribution in [0.3, 0.4) is 0 Å². The van der Waals surface area contributed by atoms with E-state index in [1.807, 2.05) is 0 Å². The fourth-order valence-corrected chi connectivity index (χ4v) is 2.20. The molecule has 1 aliphatic rings. The van der Waals surface area contributed by atoms with E-state index in [-0.39, 0.29) is 6.61 Å². The van der Waals surface area contributed by atoms with Crippen molar-refractivity contribution in [2.75, 3.05) is 6.61 Å². The van der Waals surface area contributed by atoms with Crippen LogP contribution >= 0.6 is 0 Å². The highest BCUT2D eigenvalue weighted by atomic mass is 19.3. The smallest absolute Gasteiger partial charge is 0.327 e. The van der Waals surface area contributed by atoms with Gasteiger partial charge in [-0.3, -0.25) is 9.59 Å². The first-order valence-corrected chi connectivity index (χ1v) is 7.45. The second-order valence-corrected chi connectivity index (χ2v) is 5.58. The van der Waals surface area contributed by atoms with Crippen molar-refractivity contribution in [2.24, 2.45) is 5.92 Å². The Balaban J connectivity index is 2.26. The predicted octanol–water partition coefficient (Wildman–Crippen LogP) is 3.01. The molecule has 4 nitrogen and oxygen atoms in total. The van der Waals surface area contributed by atoms with E-state index >= 15 is 0 Å². The standard InChI is InChI=1S/C17H19F2NO3/c1-12-7-5-6-10-17(18,19)16(22)20-14(11-23-15(12)21)13-8-3-2-4-9-13/h2-6,8-9,12,14H,7,10-11H2,1H3,(H,20,22)/b6-5+/t12-,14+/m1/s1. The lowest BCUT2D eigenvalue weighted by molar-refractivity contribution is -0.152. The lowest BCUT2D eigenvalue weighted by atomic mass is 10.0. The van der Waals surface area contributed by atoms with Crippen LogP contribution in [0.5, 0.6) is 0 Å². The van der Waals surface area contributed by atoms with Crippen molar-refractivity contribution in [2.45, 2.75) is 31.7 Å². The largest absolute Gasteiger partial charge is 0.463 e. The van der Waals surface area contributed by atoms with Gasteiger partial charge in [0.1, 0.15) is 6.61 Å². The average molecular weight is 323 g/mol. The average Bonchev–Trinajstić information content (AvgIpc) is 2.54. The topological polar surface area (TPSA) is 55.4 Å². The first-order chi connectivity index (χ1) is 10.9. The minimum absolute atomic E-state index is 0.182. The van der Waals surface area contributed by atoms with Gasteiger partial charge in [-0.1, -0.05) is 49.4 Å². The Morgan fingerprint density at radius 1 is 1.17 bits per heavy atom. The van der Waals surface area contributed by atoms with Crippen LogP contribution < -0.4 is 5.32 Å². The number of esters is 1. The third-order valence-corrected chi connectivity index (χ3v) is 3.66. The molecule has 0 saturated carbocycles. The predicted molar refractivity (Wildman–Crippen MR) is 80.8 cm³/mol. The zero-order valence-electron chi connectivity index (χ0n) is 12.8. The third-order valence-electron chi connectivity index (χ3n) is 3.66. The summed E-state index contributed by atoms with van der Waals surface area (Å²) in [5.41, 5.74) is 0.602. The Bertz CT molecular complexity index is 587. The molecule has 2 atom stereocenters. The first kappa shape index (κ1) is 17.1. The van der Waals surface area contributed by atoms with Crippen molar-refractivity contribution in [1.29, 1.82) is 0 Å². The molecule has 1 heterocycles. The van der Waals surface area contributed by atoms with Gasteiger partial charge >= 0.3 is 11.9 Å². The number of amides is 1. The molecule has 0 fully saturated rings. The number of benzene rings is 1. The summed E-state index contributed by atoms with van der Waals surface area (Å²) in [6.07, 6.45) is 2.31. The number of nitrogens with one attached hydrogen (secondary N) is 1. The lowest BCUT2D eigenvalue weighted by Gasteiger charge is -2.23. The van der Waals surface area contributed by atoms with E-state index in [1.165, 1.54) is 12.2 Å². The maximum atomic E-state index is 13.9. The van der Waals surface area contributed by atoms with Crippen LogP contribution in [0.1, 0.15) is 31.4 Å². The number of carbonyl (C=O) groups excluding carboxylic acids is 2. The fourth-order valence-electron chi connectivity index (χ4n) is 2.20. The van der Waals surface area contributed by atoms with E-state index in [0.29, 0.717) is 12.0 Å². The van der Waals surface area contributed by atoms with Gasteiger partial charge in [0.2, 0.25) is 0 Å². The Morgan fingerprint density at radius 2 is 1.87 bits per heavy atom. The first-order valence-electron chi connectivity index (χ1n) is 7.45. The van der Waals surface area contributed by atoms with Crippen LogP contribution in [0, 0.1) is 5.92 Å². The summed E-state index contributed by atoms with van der Waals surface area (Å²) in [4.78, 5) is 23.7. The van der Waals surface area contributed by atoms with Crippen molar-refractivity contribution in [1.82, 2.24) is 5.32 Å². The number of hydrogen-bond donors (Lipinski definition) is 1. The zero-order valence-corrected chi connectivity index (χ0v) is 12.8. The van der Waals surface area contributed by atoms with Crippen molar-refractivity contribution in [3.8, 4) is 0 Å². The van der Waals surface area contributed by atoms with Crippen molar-refractivity contribution in [3.05, 3.63) is 48.0 Å². The van der Waals surface area contributed by atoms with Crippen molar-refractivity contribution < 1.29 is 23.1 Å². The van der Waals surface area contributed by atoms with E-state index in [1.54, 1.807) is 37.3 Å². The molecule has 0 radical (unpaired) electrons. The number of allylic oxidation sites excluding steroid dienone is 2. The molecule has 1 aromatic carbocycles. The maximum absolute atomic E-state index is 13.9. The minimum Gasteiger partial charge on any atom is -0.463 e. The van der Waals surface area contributed by atoms with Gasteiger partial charge in [0.05, 0.1) is 12.0 Å². The summed E-state index contributed by atoms with van der Waals surface area (Å²) in [7, 11) is 0. The van der Waals surface area contributed by atoms with Crippen molar-refractivity contribution in [3.63, 3.8) is 0 Å². The van der Waals surface area contributed by atoms with Gasteiger partial charge in [-0.05, 0) is 12.0 Å². The van der Waals surface area contributed by atoms with E-state index in [4.69, 9.17) is 4.74 Å². The van der Waals surface area contributed by atoms with Crippen LogP contribution in [-0.4, -0.2) is 24.4 Å². The lowest BCUT2D eigenvalue weighted by Crippen LogP contribution is -2.43. The van der Waals surface area contributed by atoms with Crippen LogP contribution in [0.25, 0.3) is 0 Å². The van der Waals surface area contributed by atoms with Gasteiger partial charge in [0.15, 0.2) is 0 Å². The summed E-state index contributed by atoms with van der Waals surface area (Å²) in [5, 5.41) is 2.28. The summed E-state index contributed by atoms with van der Waals surface area (Å²) in [6, 6.07) is 7.78. The highest BCUT2D eigenvalue weighted by molar-refractivity contribution is 5.84. The third kappa shape index (κ3) is 4.61. The van der Waals surface area contributed by atoms with Gasteiger partial charge in [0, 0.05) is 6.42 Å². The van der Waals surface area contributed by atoms with E-state index in [2.05, 4.69) is 5.32 Å². The van der Waals surface area contributed by atoms with Crippen LogP contribution in [0.4, 0.5) is 8.78 Å². The molecule has 1 aliphatic heterocycles. The Kier molecular flexibility index (Phi) is 5.47. The molecule has 1 aromatic rings. The molecule has 1 amide bonds. The maximum Gasteiger partial charge on any atom is 0.327 e. The summed E-state index contributed by atoms with van der Waals surface area (Å²) < 4.78 is 32.9. The monoisotopic (exact) mass is 323 g/mol. The van der Waals surface area contributed by atoms with Gasteiger partial charge in [-0.2, -0.15) is 8.78 Å². The summed E-state index contributed by atoms with van der Waals surface area (Å²) >= 11 is 0. The summed E-state index contributed by atoms with van der Waals surface area (Å²) in [6.45, 7) is 1.49. The molecule has 2 rings (SSSR count). The number of carbonyl (C=O) groups is 2. The van der Waals surface area contributed by atoms with Gasteiger partial charge in [-0.15, -0.1) is 0 Å². The molecule has 124 valence electrons. The fraction of sp³-hybridized carbons (Fsp3) is 0.412. The van der Waals surface area contributed by atoms with Crippen LogP contribution in [0.15, 0.2) is 42.5 Å². The molecule has 0 aliphatic carbocycles. The van der Waals surface area contributed by atoms with Gasteiger partial charge < -0.3 is 10.1 Å². The Labute approximate surface area is 133 Å². The molecule has 0 saturated heterocycles. The molecule has 0 spiro atoms. The highest BCUT2D eigenvalue weighted by Crippen LogP contribution is 2.23. The molecule has 0 aromatic heterocycles. The number of alkyl halides is 2. The number of rotatable bonds is 1. The van der Waals surface area contributed by atoms with Crippen LogP contribution in [-0.2, 0) is 14.3 Å². The van der Waals surface area contributed by atoms with Gasteiger partial charge in [-0.25, -0.2) is 0 Å². The molecule has 1 N–H and O–H groups in total. The number of ether oxygens (including phenoxy) is 1. The SMILES string of the molecule is C[C@@H]1C/C=C/CC(F)(F)C(=O)N[C@H](c2ccccc2)COC1=O. The summed E-state index contributed by atoms with van der Waals surface area (Å²) in [5.74, 6) is -5.72. The second kappa shape index (κ2) is 7.35. The molecule has 6 heteroatoms. The number of halogens is 2. The number of hydrogen-bond acceptors (Lipinski definition) is 3. The zero-order chi connectivity index (χ0) is 16.9. The molecule has 0 unspecified atom stereocenters. The Morgan fingerprint density at radius 3 is 2.57 bits per heavy atom. The Hall–Kier alpha value is -2.24. The minimum atomic E-state index is -3.50.